The molecule has 7 nitrogen and oxygen atoms in total. The van der Waals surface area contributed by atoms with Crippen LogP contribution in [0.5, 0.6) is 0 Å². The number of rotatable bonds is 5. The van der Waals surface area contributed by atoms with E-state index in [1.807, 2.05) is 0 Å². The number of pyridine rings is 1. The Kier molecular flexibility index (Phi) is 4.27. The van der Waals surface area contributed by atoms with Crippen molar-refractivity contribution in [2.45, 2.75) is 37.6 Å². The molecule has 0 aromatic carbocycles. The van der Waals surface area contributed by atoms with Crippen LogP contribution in [0.25, 0.3) is 0 Å². The summed E-state index contributed by atoms with van der Waals surface area (Å²) in [6.07, 6.45) is 7.06. The third kappa shape index (κ3) is 3.04. The van der Waals surface area contributed by atoms with Crippen LogP contribution in [0.2, 0.25) is 0 Å². The first-order valence-corrected chi connectivity index (χ1v) is 7.95. The second kappa shape index (κ2) is 6.36. The lowest BCUT2D eigenvalue weighted by Gasteiger charge is -2.20. The van der Waals surface area contributed by atoms with E-state index >= 15 is 0 Å². The number of nitrogens with one attached hydrogen (secondary N) is 2. The molecule has 0 atom stereocenters. The zero-order chi connectivity index (χ0) is 16.3. The molecule has 1 saturated heterocycles. The maximum absolute atomic E-state index is 12.4. The molecule has 1 aromatic heterocycles. The Balaban J connectivity index is 1.47. The zero-order valence-corrected chi connectivity index (χ0v) is 12.9. The molecule has 0 radical (unpaired) electrons. The Morgan fingerprint density at radius 1 is 1.26 bits per heavy atom. The van der Waals surface area contributed by atoms with Gasteiger partial charge in [0.1, 0.15) is 5.54 Å². The first-order chi connectivity index (χ1) is 11.1. The van der Waals surface area contributed by atoms with Gasteiger partial charge in [0.05, 0.1) is 0 Å². The Bertz CT molecular complexity index is 611. The molecule has 2 fully saturated rings. The minimum atomic E-state index is -0.655. The van der Waals surface area contributed by atoms with Gasteiger partial charge in [-0.3, -0.25) is 19.5 Å². The number of hydrogen-bond acceptors (Lipinski definition) is 4. The van der Waals surface area contributed by atoms with E-state index in [9.17, 15) is 14.4 Å². The SMILES string of the molecule is O=C(NCCCN1C(=O)NC2(CCCC2)C1=O)c1ccncc1. The van der Waals surface area contributed by atoms with Gasteiger partial charge in [-0.05, 0) is 31.4 Å². The molecule has 7 heteroatoms. The molecule has 2 aliphatic rings. The van der Waals surface area contributed by atoms with Gasteiger partial charge in [0.25, 0.3) is 11.8 Å². The Hall–Kier alpha value is -2.44. The van der Waals surface area contributed by atoms with E-state index in [0.29, 0.717) is 25.1 Å². The predicted molar refractivity (Wildman–Crippen MR) is 82.6 cm³/mol. The molecule has 1 aromatic rings. The van der Waals surface area contributed by atoms with Crippen molar-refractivity contribution in [2.75, 3.05) is 13.1 Å². The van der Waals surface area contributed by atoms with Crippen molar-refractivity contribution >= 4 is 17.8 Å². The molecule has 0 unspecified atom stereocenters. The van der Waals surface area contributed by atoms with Gasteiger partial charge in [0, 0.05) is 31.0 Å². The standard InChI is InChI=1S/C16H20N4O3/c21-13(12-4-9-17-10-5-12)18-8-3-11-20-14(22)16(19-15(20)23)6-1-2-7-16/h4-5,9-10H,1-3,6-8,11H2,(H,18,21)(H,19,23). The van der Waals surface area contributed by atoms with Crippen molar-refractivity contribution in [1.82, 2.24) is 20.5 Å². The van der Waals surface area contributed by atoms with Gasteiger partial charge in [-0.15, -0.1) is 0 Å². The van der Waals surface area contributed by atoms with Gasteiger partial charge in [0.2, 0.25) is 0 Å². The molecule has 0 bridgehead atoms. The Morgan fingerprint density at radius 3 is 2.65 bits per heavy atom. The maximum Gasteiger partial charge on any atom is 0.325 e. The monoisotopic (exact) mass is 316 g/mol. The van der Waals surface area contributed by atoms with Crippen LogP contribution in [0.3, 0.4) is 0 Å². The van der Waals surface area contributed by atoms with Gasteiger partial charge in [-0.2, -0.15) is 0 Å². The molecule has 1 aliphatic carbocycles. The molecule has 122 valence electrons. The second-order valence-electron chi connectivity index (χ2n) is 6.02. The van der Waals surface area contributed by atoms with Gasteiger partial charge in [0.15, 0.2) is 0 Å². The first-order valence-electron chi connectivity index (χ1n) is 7.95. The van der Waals surface area contributed by atoms with Crippen molar-refractivity contribution in [1.29, 1.82) is 0 Å². The fourth-order valence-electron chi connectivity index (χ4n) is 3.24. The lowest BCUT2D eigenvalue weighted by Crippen LogP contribution is -2.44. The smallest absolute Gasteiger partial charge is 0.325 e. The van der Waals surface area contributed by atoms with E-state index in [0.717, 1.165) is 25.7 Å². The number of hydrogen-bond donors (Lipinski definition) is 2. The van der Waals surface area contributed by atoms with Gasteiger partial charge < -0.3 is 10.6 Å². The van der Waals surface area contributed by atoms with E-state index < -0.39 is 5.54 Å². The zero-order valence-electron chi connectivity index (χ0n) is 12.9. The van der Waals surface area contributed by atoms with Crippen LogP contribution in [-0.4, -0.2) is 46.4 Å². The summed E-state index contributed by atoms with van der Waals surface area (Å²) in [5.74, 6) is -0.294. The summed E-state index contributed by atoms with van der Waals surface area (Å²) in [6.45, 7) is 0.730. The summed E-state index contributed by atoms with van der Waals surface area (Å²) in [4.78, 5) is 41.4. The van der Waals surface area contributed by atoms with Crippen LogP contribution < -0.4 is 10.6 Å². The van der Waals surface area contributed by atoms with Crippen molar-refractivity contribution in [3.05, 3.63) is 30.1 Å². The van der Waals surface area contributed by atoms with E-state index in [2.05, 4.69) is 15.6 Å². The number of nitrogens with zero attached hydrogens (tertiary/aromatic N) is 2. The summed E-state index contributed by atoms with van der Waals surface area (Å²) in [6, 6.07) is 2.96. The van der Waals surface area contributed by atoms with Gasteiger partial charge in [-0.25, -0.2) is 4.79 Å². The minimum absolute atomic E-state index is 0.111. The molecule has 23 heavy (non-hydrogen) atoms. The van der Waals surface area contributed by atoms with E-state index in [1.54, 1.807) is 24.5 Å². The summed E-state index contributed by atoms with van der Waals surface area (Å²) < 4.78 is 0. The predicted octanol–water partition coefficient (Wildman–Crippen LogP) is 1.07. The molecule has 1 saturated carbocycles. The van der Waals surface area contributed by atoms with Crippen molar-refractivity contribution < 1.29 is 14.4 Å². The number of imide groups is 1. The molecule has 3 rings (SSSR count). The molecular weight excluding hydrogens is 296 g/mol. The van der Waals surface area contributed by atoms with Gasteiger partial charge in [-0.1, -0.05) is 12.8 Å². The number of carbonyl (C=O) groups excluding carboxylic acids is 3. The Labute approximate surface area is 134 Å². The van der Waals surface area contributed by atoms with E-state index in [-0.39, 0.29) is 17.8 Å². The third-order valence-electron chi connectivity index (χ3n) is 4.49. The molecule has 1 spiro atoms. The molecule has 2 heterocycles. The van der Waals surface area contributed by atoms with E-state index in [1.165, 1.54) is 4.90 Å². The van der Waals surface area contributed by atoms with Crippen LogP contribution in [0.4, 0.5) is 4.79 Å². The molecular formula is C16H20N4O3. The maximum atomic E-state index is 12.4. The van der Waals surface area contributed by atoms with Crippen molar-refractivity contribution in [3.8, 4) is 0 Å². The topological polar surface area (TPSA) is 91.4 Å². The average molecular weight is 316 g/mol. The third-order valence-corrected chi connectivity index (χ3v) is 4.49. The average Bonchev–Trinajstić information content (AvgIpc) is 3.12. The highest BCUT2D eigenvalue weighted by atomic mass is 16.2. The highest BCUT2D eigenvalue weighted by Gasteiger charge is 2.51. The largest absolute Gasteiger partial charge is 0.352 e. The van der Waals surface area contributed by atoms with Crippen LogP contribution in [0, 0.1) is 0 Å². The summed E-state index contributed by atoms with van der Waals surface area (Å²) in [5.41, 5.74) is -0.114. The summed E-state index contributed by atoms with van der Waals surface area (Å²) >= 11 is 0. The number of urea groups is 1. The fourth-order valence-corrected chi connectivity index (χ4v) is 3.24. The summed E-state index contributed by atoms with van der Waals surface area (Å²) in [7, 11) is 0. The quantitative estimate of drug-likeness (QED) is 0.628. The highest BCUT2D eigenvalue weighted by Crippen LogP contribution is 2.34. The lowest BCUT2D eigenvalue weighted by molar-refractivity contribution is -0.131. The fraction of sp³-hybridized carbons (Fsp3) is 0.500. The van der Waals surface area contributed by atoms with Crippen molar-refractivity contribution in [2.24, 2.45) is 0 Å². The lowest BCUT2D eigenvalue weighted by atomic mass is 9.98. The minimum Gasteiger partial charge on any atom is -0.352 e. The Morgan fingerprint density at radius 2 is 1.96 bits per heavy atom. The second-order valence-corrected chi connectivity index (χ2v) is 6.02. The first kappa shape index (κ1) is 15.5. The van der Waals surface area contributed by atoms with Crippen LogP contribution in [-0.2, 0) is 4.79 Å². The number of aromatic nitrogens is 1. The molecule has 1 aliphatic heterocycles. The van der Waals surface area contributed by atoms with E-state index in [4.69, 9.17) is 0 Å². The number of carbonyl (C=O) groups is 3. The number of amides is 4. The normalized spacial score (nSPS) is 19.2. The van der Waals surface area contributed by atoms with Crippen LogP contribution in [0.1, 0.15) is 42.5 Å². The van der Waals surface area contributed by atoms with Crippen molar-refractivity contribution in [3.63, 3.8) is 0 Å². The molecule has 4 amide bonds. The van der Waals surface area contributed by atoms with Crippen LogP contribution in [0.15, 0.2) is 24.5 Å². The molecule has 2 N–H and O–H groups in total. The highest BCUT2D eigenvalue weighted by molar-refractivity contribution is 6.07. The van der Waals surface area contributed by atoms with Crippen LogP contribution >= 0.6 is 0 Å². The van der Waals surface area contributed by atoms with Gasteiger partial charge >= 0.3 is 6.03 Å². The summed E-state index contributed by atoms with van der Waals surface area (Å²) in [5, 5.41) is 5.62.